The van der Waals surface area contributed by atoms with Crippen molar-refractivity contribution < 1.29 is 0 Å². The lowest BCUT2D eigenvalue weighted by Crippen LogP contribution is -2.28. The first-order chi connectivity index (χ1) is 9.36. The fourth-order valence-corrected chi connectivity index (χ4v) is 3.40. The molecule has 4 rings (SSSR count). The predicted octanol–water partition coefficient (Wildman–Crippen LogP) is 1.33. The fraction of sp³-hybridized carbons (Fsp3) is 0.333. The van der Waals surface area contributed by atoms with E-state index >= 15 is 0 Å². The standard InChI is InChI=1S/C12H11N5OS/c18-11-9-7-13-4-3-8(9)10-14-15-12-17(10)16(11)5-1-2-6-19-12/h3-4,7H,1-2,5-6H2. The van der Waals surface area contributed by atoms with Crippen LogP contribution in [0.1, 0.15) is 12.8 Å². The maximum Gasteiger partial charge on any atom is 0.275 e. The zero-order chi connectivity index (χ0) is 12.8. The van der Waals surface area contributed by atoms with Crippen molar-refractivity contribution in [3.8, 4) is 0 Å². The van der Waals surface area contributed by atoms with Crippen molar-refractivity contribution in [2.45, 2.75) is 24.5 Å². The Morgan fingerprint density at radius 2 is 2.16 bits per heavy atom. The van der Waals surface area contributed by atoms with Crippen LogP contribution in [-0.4, -0.2) is 30.1 Å². The molecule has 1 aliphatic rings. The minimum atomic E-state index is -0.0147. The van der Waals surface area contributed by atoms with Crippen LogP contribution in [0.4, 0.5) is 0 Å². The van der Waals surface area contributed by atoms with Gasteiger partial charge in [0.1, 0.15) is 0 Å². The quantitative estimate of drug-likeness (QED) is 0.618. The summed E-state index contributed by atoms with van der Waals surface area (Å²) >= 11 is 1.65. The zero-order valence-corrected chi connectivity index (χ0v) is 10.9. The third-order valence-corrected chi connectivity index (χ3v) is 4.38. The lowest BCUT2D eigenvalue weighted by atomic mass is 10.2. The van der Waals surface area contributed by atoms with Gasteiger partial charge in [0.05, 0.1) is 5.39 Å². The highest BCUT2D eigenvalue weighted by molar-refractivity contribution is 7.99. The SMILES string of the molecule is O=c1c2cnccc2c2nnc3n2n1CCCCS3. The monoisotopic (exact) mass is 273 g/mol. The van der Waals surface area contributed by atoms with Gasteiger partial charge in [-0.05, 0) is 18.9 Å². The molecule has 3 aromatic heterocycles. The van der Waals surface area contributed by atoms with Gasteiger partial charge >= 0.3 is 0 Å². The number of rotatable bonds is 0. The third kappa shape index (κ3) is 1.51. The van der Waals surface area contributed by atoms with E-state index in [0.29, 0.717) is 11.9 Å². The number of pyridine rings is 1. The Morgan fingerprint density at radius 3 is 3.11 bits per heavy atom. The summed E-state index contributed by atoms with van der Waals surface area (Å²) in [7, 11) is 0. The number of nitrogens with zero attached hydrogens (tertiary/aromatic N) is 5. The lowest BCUT2D eigenvalue weighted by molar-refractivity contribution is 0.494. The van der Waals surface area contributed by atoms with E-state index in [4.69, 9.17) is 0 Å². The first kappa shape index (κ1) is 11.0. The molecule has 0 atom stereocenters. The smallest absolute Gasteiger partial charge is 0.267 e. The molecule has 0 N–H and O–H groups in total. The van der Waals surface area contributed by atoms with Gasteiger partial charge in [-0.3, -0.25) is 9.78 Å². The maximum atomic E-state index is 12.6. The van der Waals surface area contributed by atoms with E-state index in [1.165, 1.54) is 0 Å². The van der Waals surface area contributed by atoms with E-state index in [-0.39, 0.29) is 5.56 Å². The molecule has 0 unspecified atom stereocenters. The van der Waals surface area contributed by atoms with E-state index in [1.807, 2.05) is 10.6 Å². The summed E-state index contributed by atoms with van der Waals surface area (Å²) in [4.78, 5) is 16.6. The fourth-order valence-electron chi connectivity index (χ4n) is 2.46. The van der Waals surface area contributed by atoms with E-state index in [0.717, 1.165) is 34.8 Å². The van der Waals surface area contributed by atoms with Gasteiger partial charge in [0.15, 0.2) is 5.65 Å². The highest BCUT2D eigenvalue weighted by Crippen LogP contribution is 2.23. The molecule has 0 saturated carbocycles. The highest BCUT2D eigenvalue weighted by Gasteiger charge is 2.17. The van der Waals surface area contributed by atoms with Crippen LogP contribution in [-0.2, 0) is 6.54 Å². The van der Waals surface area contributed by atoms with E-state index in [1.54, 1.807) is 28.8 Å². The van der Waals surface area contributed by atoms with Gasteiger partial charge in [0.25, 0.3) is 5.56 Å². The molecule has 0 radical (unpaired) electrons. The summed E-state index contributed by atoms with van der Waals surface area (Å²) < 4.78 is 3.59. The van der Waals surface area contributed by atoms with Crippen molar-refractivity contribution >= 4 is 28.2 Å². The van der Waals surface area contributed by atoms with Crippen molar-refractivity contribution in [1.82, 2.24) is 24.4 Å². The summed E-state index contributed by atoms with van der Waals surface area (Å²) in [6.45, 7) is 0.700. The van der Waals surface area contributed by atoms with Gasteiger partial charge in [-0.25, -0.2) is 9.20 Å². The number of aromatic nitrogens is 5. The van der Waals surface area contributed by atoms with Gasteiger partial charge in [-0.1, -0.05) is 11.8 Å². The number of hydrogen-bond acceptors (Lipinski definition) is 5. The molecule has 0 aliphatic carbocycles. The van der Waals surface area contributed by atoms with Crippen molar-refractivity contribution in [3.63, 3.8) is 0 Å². The molecular weight excluding hydrogens is 262 g/mol. The van der Waals surface area contributed by atoms with E-state index in [2.05, 4.69) is 15.2 Å². The van der Waals surface area contributed by atoms with Crippen LogP contribution in [0.5, 0.6) is 0 Å². The molecular formula is C12H11N5OS. The largest absolute Gasteiger partial charge is 0.275 e. The first-order valence-electron chi connectivity index (χ1n) is 6.21. The van der Waals surface area contributed by atoms with Crippen molar-refractivity contribution in [2.75, 3.05) is 5.75 Å². The van der Waals surface area contributed by atoms with Gasteiger partial charge in [0.2, 0.25) is 5.16 Å². The molecule has 0 spiro atoms. The molecule has 19 heavy (non-hydrogen) atoms. The molecule has 3 aromatic rings. The number of thioether (sulfide) groups is 1. The van der Waals surface area contributed by atoms with Crippen LogP contribution in [0, 0.1) is 0 Å². The van der Waals surface area contributed by atoms with Crippen molar-refractivity contribution in [2.24, 2.45) is 0 Å². The Hall–Kier alpha value is -1.89. The first-order valence-corrected chi connectivity index (χ1v) is 7.19. The summed E-state index contributed by atoms with van der Waals surface area (Å²) in [6, 6.07) is 1.82. The van der Waals surface area contributed by atoms with Crippen LogP contribution in [0.2, 0.25) is 0 Å². The minimum absolute atomic E-state index is 0.0147. The molecule has 1 aliphatic heterocycles. The summed E-state index contributed by atoms with van der Waals surface area (Å²) in [6.07, 6.45) is 5.36. The highest BCUT2D eigenvalue weighted by atomic mass is 32.2. The van der Waals surface area contributed by atoms with Crippen LogP contribution >= 0.6 is 11.8 Å². The summed E-state index contributed by atoms with van der Waals surface area (Å²) in [5.74, 6) is 1.02. The average molecular weight is 273 g/mol. The molecule has 0 aromatic carbocycles. The van der Waals surface area contributed by atoms with Crippen molar-refractivity contribution in [3.05, 3.63) is 28.8 Å². The van der Waals surface area contributed by atoms with Gasteiger partial charge < -0.3 is 0 Å². The maximum absolute atomic E-state index is 12.6. The number of aryl methyl sites for hydroxylation is 1. The minimum Gasteiger partial charge on any atom is -0.267 e. The Balaban J connectivity index is 2.25. The van der Waals surface area contributed by atoms with Crippen molar-refractivity contribution in [1.29, 1.82) is 0 Å². The molecule has 0 fully saturated rings. The molecule has 6 nitrogen and oxygen atoms in total. The van der Waals surface area contributed by atoms with E-state index < -0.39 is 0 Å². The second kappa shape index (κ2) is 4.06. The number of fused-ring (bicyclic) bond motifs is 2. The topological polar surface area (TPSA) is 65.1 Å². The van der Waals surface area contributed by atoms with Crippen LogP contribution < -0.4 is 5.56 Å². The van der Waals surface area contributed by atoms with Gasteiger partial charge in [0, 0.05) is 30.1 Å². The zero-order valence-electron chi connectivity index (χ0n) is 10.1. The summed E-state index contributed by atoms with van der Waals surface area (Å²) in [5.41, 5.74) is 0.723. The molecule has 4 heterocycles. The van der Waals surface area contributed by atoms with Crippen LogP contribution in [0.15, 0.2) is 28.4 Å². The van der Waals surface area contributed by atoms with Crippen LogP contribution in [0.3, 0.4) is 0 Å². The van der Waals surface area contributed by atoms with Gasteiger partial charge in [-0.2, -0.15) is 0 Å². The Bertz CT molecular complexity index is 837. The molecule has 0 amide bonds. The second-order valence-corrected chi connectivity index (χ2v) is 5.59. The Morgan fingerprint density at radius 1 is 1.21 bits per heavy atom. The molecule has 96 valence electrons. The van der Waals surface area contributed by atoms with Crippen LogP contribution in [0.25, 0.3) is 16.4 Å². The Kier molecular flexibility index (Phi) is 2.34. The average Bonchev–Trinajstić information content (AvgIpc) is 2.82. The number of hydrogen-bond donors (Lipinski definition) is 0. The summed E-state index contributed by atoms with van der Waals surface area (Å²) in [5, 5.41) is 10.7. The lowest BCUT2D eigenvalue weighted by Gasteiger charge is -2.14. The predicted molar refractivity (Wildman–Crippen MR) is 72.5 cm³/mol. The molecule has 0 bridgehead atoms. The molecule has 0 saturated heterocycles. The van der Waals surface area contributed by atoms with Gasteiger partial charge in [-0.15, -0.1) is 10.2 Å². The second-order valence-electron chi connectivity index (χ2n) is 4.52. The third-order valence-electron chi connectivity index (χ3n) is 3.38. The molecule has 7 heteroatoms. The van der Waals surface area contributed by atoms with E-state index in [9.17, 15) is 4.79 Å². The normalized spacial score (nSPS) is 15.6. The Labute approximate surface area is 112 Å².